The summed E-state index contributed by atoms with van der Waals surface area (Å²) in [5, 5.41) is 3.16. The Morgan fingerprint density at radius 2 is 1.92 bits per heavy atom. The Labute approximate surface area is 158 Å². The minimum atomic E-state index is -0.915. The Kier molecular flexibility index (Phi) is 7.04. The molecule has 138 valence electrons. The maximum absolute atomic E-state index is 12.1. The summed E-state index contributed by atoms with van der Waals surface area (Å²) in [6.45, 7) is 5.62. The van der Waals surface area contributed by atoms with Crippen LogP contribution in [0.25, 0.3) is 0 Å². The lowest BCUT2D eigenvalue weighted by molar-refractivity contribution is -0.153. The molecule has 0 fully saturated rings. The van der Waals surface area contributed by atoms with Crippen molar-refractivity contribution >= 4 is 29.2 Å². The minimum absolute atomic E-state index is 0.0577. The van der Waals surface area contributed by atoms with Gasteiger partial charge in [0.1, 0.15) is 5.75 Å². The standard InChI is InChI=1S/C20H22ClNO4/c1-13-7-8-14(2)18(11-13)25-10-9-19(23)26-15(3)20(24)22-17-6-4-5-16(21)12-17/h4-8,11-12,15H,9-10H2,1-3H3,(H,22,24)/t15-/m1/s1. The van der Waals surface area contributed by atoms with Crippen molar-refractivity contribution in [3.63, 3.8) is 0 Å². The van der Waals surface area contributed by atoms with Crippen molar-refractivity contribution in [2.24, 2.45) is 0 Å². The molecule has 0 saturated heterocycles. The molecule has 1 atom stereocenters. The summed E-state index contributed by atoms with van der Waals surface area (Å²) in [4.78, 5) is 24.0. The minimum Gasteiger partial charge on any atom is -0.493 e. The van der Waals surface area contributed by atoms with Crippen molar-refractivity contribution in [1.82, 2.24) is 0 Å². The highest BCUT2D eigenvalue weighted by molar-refractivity contribution is 6.30. The largest absolute Gasteiger partial charge is 0.493 e. The lowest BCUT2D eigenvalue weighted by atomic mass is 10.1. The molecule has 0 saturated carbocycles. The third-order valence-electron chi connectivity index (χ3n) is 3.68. The highest BCUT2D eigenvalue weighted by atomic mass is 35.5. The summed E-state index contributed by atoms with van der Waals surface area (Å²) >= 11 is 5.87. The number of amides is 1. The van der Waals surface area contributed by atoms with Gasteiger partial charge in [-0.15, -0.1) is 0 Å². The number of benzene rings is 2. The maximum atomic E-state index is 12.1. The second-order valence-electron chi connectivity index (χ2n) is 6.00. The molecule has 26 heavy (non-hydrogen) atoms. The molecule has 0 aliphatic carbocycles. The fraction of sp³-hybridized carbons (Fsp3) is 0.300. The first-order valence-electron chi connectivity index (χ1n) is 8.31. The molecule has 1 amide bonds. The van der Waals surface area contributed by atoms with Crippen LogP contribution >= 0.6 is 11.6 Å². The molecule has 2 aromatic rings. The number of nitrogens with one attached hydrogen (secondary N) is 1. The van der Waals surface area contributed by atoms with Gasteiger partial charge in [0.15, 0.2) is 6.10 Å². The van der Waals surface area contributed by atoms with Crippen LogP contribution in [0, 0.1) is 13.8 Å². The molecule has 0 radical (unpaired) electrons. The van der Waals surface area contributed by atoms with Crippen LogP contribution in [0.1, 0.15) is 24.5 Å². The first-order valence-corrected chi connectivity index (χ1v) is 8.69. The first-order chi connectivity index (χ1) is 12.3. The normalized spacial score (nSPS) is 11.5. The van der Waals surface area contributed by atoms with Gasteiger partial charge in [-0.3, -0.25) is 9.59 Å². The smallest absolute Gasteiger partial charge is 0.310 e. The highest BCUT2D eigenvalue weighted by Gasteiger charge is 2.18. The topological polar surface area (TPSA) is 64.6 Å². The van der Waals surface area contributed by atoms with Gasteiger partial charge in [-0.05, 0) is 56.2 Å². The summed E-state index contributed by atoms with van der Waals surface area (Å²) in [6, 6.07) is 12.6. The Morgan fingerprint density at radius 3 is 2.65 bits per heavy atom. The van der Waals surface area contributed by atoms with Crippen LogP contribution in [0.2, 0.25) is 5.02 Å². The van der Waals surface area contributed by atoms with Gasteiger partial charge in [0.2, 0.25) is 0 Å². The summed E-state index contributed by atoms with van der Waals surface area (Å²) in [5.41, 5.74) is 2.63. The van der Waals surface area contributed by atoms with E-state index in [1.807, 2.05) is 32.0 Å². The SMILES string of the molecule is Cc1ccc(C)c(OCCC(=O)O[C@H](C)C(=O)Nc2cccc(Cl)c2)c1. The molecule has 0 spiro atoms. The number of esters is 1. The number of carbonyl (C=O) groups excluding carboxylic acids is 2. The summed E-state index contributed by atoms with van der Waals surface area (Å²) < 4.78 is 10.8. The number of halogens is 1. The number of hydrogen-bond donors (Lipinski definition) is 1. The van der Waals surface area contributed by atoms with Crippen LogP contribution in [0.5, 0.6) is 5.75 Å². The summed E-state index contributed by atoms with van der Waals surface area (Å²) in [5.74, 6) is -0.176. The Morgan fingerprint density at radius 1 is 1.15 bits per heavy atom. The molecule has 6 heteroatoms. The molecule has 5 nitrogen and oxygen atoms in total. The number of rotatable bonds is 7. The highest BCUT2D eigenvalue weighted by Crippen LogP contribution is 2.19. The molecule has 0 aliphatic rings. The van der Waals surface area contributed by atoms with Crippen molar-refractivity contribution in [3.8, 4) is 5.75 Å². The Hall–Kier alpha value is -2.53. The van der Waals surface area contributed by atoms with Gasteiger partial charge < -0.3 is 14.8 Å². The van der Waals surface area contributed by atoms with E-state index in [2.05, 4.69) is 5.32 Å². The van der Waals surface area contributed by atoms with E-state index in [1.165, 1.54) is 6.92 Å². The molecule has 2 rings (SSSR count). The van der Waals surface area contributed by atoms with E-state index in [9.17, 15) is 9.59 Å². The molecule has 0 bridgehead atoms. The second kappa shape index (κ2) is 9.25. The van der Waals surface area contributed by atoms with Gasteiger partial charge in [0.25, 0.3) is 5.91 Å². The van der Waals surface area contributed by atoms with E-state index >= 15 is 0 Å². The quantitative estimate of drug-likeness (QED) is 0.733. The predicted octanol–water partition coefficient (Wildman–Crippen LogP) is 4.30. The van der Waals surface area contributed by atoms with E-state index in [1.54, 1.807) is 24.3 Å². The zero-order valence-corrected chi connectivity index (χ0v) is 15.8. The fourth-order valence-corrected chi connectivity index (χ4v) is 2.42. The molecule has 1 N–H and O–H groups in total. The van der Waals surface area contributed by atoms with Crippen LogP contribution in [0.4, 0.5) is 5.69 Å². The molecule has 0 aromatic heterocycles. The summed E-state index contributed by atoms with van der Waals surface area (Å²) in [7, 11) is 0. The molecule has 2 aromatic carbocycles. The Bertz CT molecular complexity index is 791. The van der Waals surface area contributed by atoms with Crippen molar-refractivity contribution < 1.29 is 19.1 Å². The van der Waals surface area contributed by atoms with Gasteiger partial charge in [-0.2, -0.15) is 0 Å². The average Bonchev–Trinajstić information content (AvgIpc) is 2.58. The summed E-state index contributed by atoms with van der Waals surface area (Å²) in [6.07, 6.45) is -0.857. The number of carbonyl (C=O) groups is 2. The van der Waals surface area contributed by atoms with Crippen molar-refractivity contribution in [2.45, 2.75) is 33.3 Å². The third-order valence-corrected chi connectivity index (χ3v) is 3.91. The van der Waals surface area contributed by atoms with E-state index in [0.717, 1.165) is 16.9 Å². The van der Waals surface area contributed by atoms with Gasteiger partial charge in [0.05, 0.1) is 13.0 Å². The van der Waals surface area contributed by atoms with Gasteiger partial charge >= 0.3 is 5.97 Å². The van der Waals surface area contributed by atoms with Crippen LogP contribution in [0.15, 0.2) is 42.5 Å². The average molecular weight is 376 g/mol. The number of ether oxygens (including phenoxy) is 2. The molecular formula is C20H22ClNO4. The lowest BCUT2D eigenvalue weighted by Crippen LogP contribution is -2.30. The van der Waals surface area contributed by atoms with Crippen LogP contribution in [0.3, 0.4) is 0 Å². The first kappa shape index (κ1) is 19.8. The zero-order chi connectivity index (χ0) is 19.1. The van der Waals surface area contributed by atoms with Crippen molar-refractivity contribution in [2.75, 3.05) is 11.9 Å². The van der Waals surface area contributed by atoms with Gasteiger partial charge in [-0.1, -0.05) is 29.8 Å². The second-order valence-corrected chi connectivity index (χ2v) is 6.44. The number of anilines is 1. The van der Waals surface area contributed by atoms with E-state index < -0.39 is 18.0 Å². The number of hydrogen-bond acceptors (Lipinski definition) is 4. The molecule has 0 unspecified atom stereocenters. The van der Waals surface area contributed by atoms with Crippen LogP contribution in [-0.4, -0.2) is 24.6 Å². The maximum Gasteiger partial charge on any atom is 0.310 e. The molecular weight excluding hydrogens is 354 g/mol. The third kappa shape index (κ3) is 6.08. The van der Waals surface area contributed by atoms with Crippen LogP contribution < -0.4 is 10.1 Å². The zero-order valence-electron chi connectivity index (χ0n) is 15.0. The van der Waals surface area contributed by atoms with E-state index in [-0.39, 0.29) is 13.0 Å². The van der Waals surface area contributed by atoms with Gasteiger partial charge in [0, 0.05) is 10.7 Å². The number of aryl methyl sites for hydroxylation is 2. The molecule has 0 heterocycles. The van der Waals surface area contributed by atoms with Crippen molar-refractivity contribution in [3.05, 3.63) is 58.6 Å². The van der Waals surface area contributed by atoms with E-state index in [0.29, 0.717) is 10.7 Å². The van der Waals surface area contributed by atoms with Gasteiger partial charge in [-0.25, -0.2) is 0 Å². The Balaban J connectivity index is 1.77. The predicted molar refractivity (Wildman–Crippen MR) is 102 cm³/mol. The molecule has 0 aliphatic heterocycles. The van der Waals surface area contributed by atoms with E-state index in [4.69, 9.17) is 21.1 Å². The fourth-order valence-electron chi connectivity index (χ4n) is 2.23. The lowest BCUT2D eigenvalue weighted by Gasteiger charge is -2.14. The van der Waals surface area contributed by atoms with Crippen molar-refractivity contribution in [1.29, 1.82) is 0 Å². The monoisotopic (exact) mass is 375 g/mol. The van der Waals surface area contributed by atoms with Crippen LogP contribution in [-0.2, 0) is 14.3 Å².